The maximum atomic E-state index is 13.7. The van der Waals surface area contributed by atoms with E-state index in [9.17, 15) is 23.5 Å². The summed E-state index contributed by atoms with van der Waals surface area (Å²) in [5, 5.41) is 15.6. The number of halogens is 2. The lowest BCUT2D eigenvalue weighted by atomic mass is 9.47. The van der Waals surface area contributed by atoms with Gasteiger partial charge in [0.2, 0.25) is 0 Å². The Kier molecular flexibility index (Phi) is 6.73. The van der Waals surface area contributed by atoms with Gasteiger partial charge in [0.05, 0.1) is 19.7 Å². The van der Waals surface area contributed by atoms with Gasteiger partial charge in [-0.3, -0.25) is 9.69 Å². The molecule has 1 unspecified atom stereocenters. The molecule has 9 nitrogen and oxygen atoms in total. The van der Waals surface area contributed by atoms with E-state index in [1.54, 1.807) is 7.11 Å². The number of methoxy groups -OCH3 is 1. The average Bonchev–Trinajstić information content (AvgIpc) is 3.48. The summed E-state index contributed by atoms with van der Waals surface area (Å²) in [6.45, 7) is 4.52. The van der Waals surface area contributed by atoms with Gasteiger partial charge in [-0.15, -0.1) is 0 Å². The molecule has 11 heteroatoms. The van der Waals surface area contributed by atoms with Crippen molar-refractivity contribution in [3.05, 3.63) is 65.7 Å². The van der Waals surface area contributed by atoms with Crippen molar-refractivity contribution in [2.75, 3.05) is 38.7 Å². The highest BCUT2D eigenvalue weighted by molar-refractivity contribution is 5.73. The van der Waals surface area contributed by atoms with Gasteiger partial charge >= 0.3 is 12.1 Å². The standard InChI is InChI=1S/C31H35F2N3O6/c1-5-29-11-6-13-36-14-12-30(25(29)36)21-9-7-19(40-4)16-24(21)35(3)26(30)31(39,27(29)41-18(2)37)17-34-28(38)42-20-8-10-22(32)23(33)15-20/h6-11,15-16,25-27,39H,5,12-14,17H2,1-4H3,(H,34,38)/t25-,26+,27+,29+,30+,31?/m0/s1. The topological polar surface area (TPSA) is 101 Å². The van der Waals surface area contributed by atoms with Gasteiger partial charge in [-0.1, -0.05) is 25.1 Å². The Labute approximate surface area is 243 Å². The highest BCUT2D eigenvalue weighted by Crippen LogP contribution is 2.67. The van der Waals surface area contributed by atoms with E-state index in [4.69, 9.17) is 14.2 Å². The minimum atomic E-state index is -1.80. The molecule has 2 aromatic carbocycles. The number of carbonyl (C=O) groups is 2. The lowest BCUT2D eigenvalue weighted by molar-refractivity contribution is -0.216. The molecule has 1 aliphatic carbocycles. The van der Waals surface area contributed by atoms with Crippen LogP contribution in [0.3, 0.4) is 0 Å². The van der Waals surface area contributed by atoms with E-state index >= 15 is 0 Å². The number of carbonyl (C=O) groups excluding carboxylic acids is 2. The first-order valence-corrected chi connectivity index (χ1v) is 14.1. The van der Waals surface area contributed by atoms with Crippen LogP contribution in [0.15, 0.2) is 48.6 Å². The number of fused-ring (bicyclic) bond motifs is 1. The van der Waals surface area contributed by atoms with Crippen molar-refractivity contribution in [2.24, 2.45) is 5.41 Å². The van der Waals surface area contributed by atoms with Gasteiger partial charge in [-0.25, -0.2) is 13.6 Å². The van der Waals surface area contributed by atoms with E-state index < -0.39 is 52.3 Å². The monoisotopic (exact) mass is 583 g/mol. The predicted molar refractivity (Wildman–Crippen MR) is 150 cm³/mol. The first kappa shape index (κ1) is 28.4. The molecule has 0 radical (unpaired) electrons. The highest BCUT2D eigenvalue weighted by Gasteiger charge is 2.77. The first-order chi connectivity index (χ1) is 20.0. The van der Waals surface area contributed by atoms with E-state index in [2.05, 4.69) is 28.4 Å². The van der Waals surface area contributed by atoms with Crippen molar-refractivity contribution >= 4 is 17.7 Å². The Morgan fingerprint density at radius 3 is 2.57 bits per heavy atom. The Bertz CT molecular complexity index is 1470. The van der Waals surface area contributed by atoms with Crippen molar-refractivity contribution in [2.45, 2.75) is 55.9 Å². The molecular weight excluding hydrogens is 548 g/mol. The summed E-state index contributed by atoms with van der Waals surface area (Å²) < 4.78 is 44.0. The van der Waals surface area contributed by atoms with Crippen LogP contribution in [-0.2, 0) is 14.9 Å². The largest absolute Gasteiger partial charge is 0.497 e. The molecule has 2 fully saturated rings. The molecule has 0 aromatic heterocycles. The van der Waals surface area contributed by atoms with E-state index in [-0.39, 0.29) is 18.3 Å². The molecule has 3 heterocycles. The van der Waals surface area contributed by atoms with Crippen LogP contribution in [0.2, 0.25) is 0 Å². The number of benzene rings is 2. The number of nitrogens with one attached hydrogen (secondary N) is 1. The maximum absolute atomic E-state index is 13.7. The van der Waals surface area contributed by atoms with Gasteiger partial charge in [-0.05, 0) is 43.1 Å². The van der Waals surface area contributed by atoms with Crippen molar-refractivity contribution in [3.63, 3.8) is 0 Å². The predicted octanol–water partition coefficient (Wildman–Crippen LogP) is 3.54. The molecule has 1 saturated carbocycles. The van der Waals surface area contributed by atoms with E-state index in [0.29, 0.717) is 12.2 Å². The van der Waals surface area contributed by atoms with E-state index in [0.717, 1.165) is 49.0 Å². The zero-order valence-electron chi connectivity index (χ0n) is 24.0. The summed E-state index contributed by atoms with van der Waals surface area (Å²) in [7, 11) is 3.50. The molecule has 0 bridgehead atoms. The molecule has 42 heavy (non-hydrogen) atoms. The molecule has 4 aliphatic rings. The molecular formula is C31H35F2N3O6. The first-order valence-electron chi connectivity index (χ1n) is 14.1. The summed E-state index contributed by atoms with van der Waals surface area (Å²) in [4.78, 5) is 30.0. The summed E-state index contributed by atoms with van der Waals surface area (Å²) in [5.41, 5.74) is -1.19. The van der Waals surface area contributed by atoms with Crippen LogP contribution in [0.1, 0.15) is 32.3 Å². The summed E-state index contributed by atoms with van der Waals surface area (Å²) >= 11 is 0. The lowest BCUT2D eigenvalue weighted by Gasteiger charge is -2.64. The number of aliphatic hydroxyl groups is 1. The van der Waals surface area contributed by atoms with Crippen LogP contribution >= 0.6 is 0 Å². The summed E-state index contributed by atoms with van der Waals surface area (Å²) in [6, 6.07) is 7.99. The smallest absolute Gasteiger partial charge is 0.412 e. The molecule has 1 amide bonds. The normalized spacial score (nSPS) is 32.5. The lowest BCUT2D eigenvalue weighted by Crippen LogP contribution is -2.81. The Morgan fingerprint density at radius 2 is 1.88 bits per heavy atom. The third kappa shape index (κ3) is 3.86. The number of likely N-dealkylation sites (N-methyl/N-ethyl adjacent to an activating group) is 1. The van der Waals surface area contributed by atoms with Crippen LogP contribution in [-0.4, -0.2) is 79.6 Å². The minimum absolute atomic E-state index is 0.0964. The number of nitrogens with zero attached hydrogens (tertiary/aromatic N) is 2. The number of amides is 1. The second-order valence-electron chi connectivity index (χ2n) is 11.8. The molecule has 2 aromatic rings. The van der Waals surface area contributed by atoms with E-state index in [1.807, 2.05) is 31.0 Å². The van der Waals surface area contributed by atoms with Crippen molar-refractivity contribution in [3.8, 4) is 11.5 Å². The zero-order chi connectivity index (χ0) is 30.0. The Balaban J connectivity index is 1.47. The van der Waals surface area contributed by atoms with Crippen LogP contribution in [0, 0.1) is 17.0 Å². The quantitative estimate of drug-likeness (QED) is 0.394. The average molecular weight is 584 g/mol. The number of esters is 1. The number of ether oxygens (including phenoxy) is 3. The summed E-state index contributed by atoms with van der Waals surface area (Å²) in [5.74, 6) is -2.30. The molecule has 3 aliphatic heterocycles. The SMILES string of the molecule is CC[C@]12C=CCN3CC[C@@]4(c5ccc(OC)cc5N(C)[C@H]4C(O)(CNC(=O)Oc4ccc(F)c(F)c4)[C@@H]1OC(C)=O)[C@@H]32. The Hall–Kier alpha value is -3.70. The zero-order valence-corrected chi connectivity index (χ0v) is 24.0. The fourth-order valence-corrected chi connectivity index (χ4v) is 8.54. The van der Waals surface area contributed by atoms with Gasteiger partial charge < -0.3 is 29.5 Å². The number of anilines is 1. The fraction of sp³-hybridized carbons (Fsp3) is 0.484. The fourth-order valence-electron chi connectivity index (χ4n) is 8.54. The third-order valence-electron chi connectivity index (χ3n) is 9.83. The van der Waals surface area contributed by atoms with Crippen LogP contribution in [0.5, 0.6) is 11.5 Å². The molecule has 1 spiro atoms. The van der Waals surface area contributed by atoms with Crippen molar-refractivity contribution in [1.82, 2.24) is 10.2 Å². The Morgan fingerprint density at radius 1 is 1.12 bits per heavy atom. The van der Waals surface area contributed by atoms with Gasteiger partial charge in [-0.2, -0.15) is 0 Å². The second-order valence-corrected chi connectivity index (χ2v) is 11.8. The minimum Gasteiger partial charge on any atom is -0.497 e. The van der Waals surface area contributed by atoms with Gasteiger partial charge in [0, 0.05) is 55.2 Å². The number of hydrogen-bond donors (Lipinski definition) is 2. The van der Waals surface area contributed by atoms with Gasteiger partial charge in [0.1, 0.15) is 23.2 Å². The molecule has 2 N–H and O–H groups in total. The second kappa shape index (κ2) is 9.95. The van der Waals surface area contributed by atoms with Crippen molar-refractivity contribution < 1.29 is 37.7 Å². The molecule has 6 rings (SSSR count). The van der Waals surface area contributed by atoms with Crippen LogP contribution in [0.4, 0.5) is 19.3 Å². The maximum Gasteiger partial charge on any atom is 0.412 e. The van der Waals surface area contributed by atoms with E-state index in [1.165, 1.54) is 6.92 Å². The third-order valence-corrected chi connectivity index (χ3v) is 9.83. The number of rotatable bonds is 6. The van der Waals surface area contributed by atoms with Crippen LogP contribution < -0.4 is 19.7 Å². The van der Waals surface area contributed by atoms with Crippen molar-refractivity contribution in [1.29, 1.82) is 0 Å². The highest BCUT2D eigenvalue weighted by atomic mass is 19.2. The van der Waals surface area contributed by atoms with Gasteiger partial charge in [0.15, 0.2) is 11.6 Å². The van der Waals surface area contributed by atoms with Gasteiger partial charge in [0.25, 0.3) is 0 Å². The molecule has 1 saturated heterocycles. The van der Waals surface area contributed by atoms with Crippen LogP contribution in [0.25, 0.3) is 0 Å². The summed E-state index contributed by atoms with van der Waals surface area (Å²) in [6.07, 6.45) is 3.45. The molecule has 6 atom stereocenters. The molecule has 224 valence electrons. The number of hydrogen-bond acceptors (Lipinski definition) is 8.